The van der Waals surface area contributed by atoms with E-state index in [1.54, 1.807) is 10.9 Å². The Kier molecular flexibility index (Phi) is 3.20. The summed E-state index contributed by atoms with van der Waals surface area (Å²) in [5.41, 5.74) is 0.0423. The maximum atomic E-state index is 12.5. The number of hydrogen-bond donors (Lipinski definition) is 0. The third kappa shape index (κ3) is 2.09. The maximum absolute atomic E-state index is 12.5. The second-order valence-corrected chi connectivity index (χ2v) is 5.83. The Hall–Kier alpha value is -1.16. The van der Waals surface area contributed by atoms with Gasteiger partial charge in [0.1, 0.15) is 0 Å². The molecule has 2 aromatic rings. The molecule has 0 bridgehead atoms. The van der Waals surface area contributed by atoms with E-state index >= 15 is 0 Å². The summed E-state index contributed by atoms with van der Waals surface area (Å²) in [6.07, 6.45) is 7.64. The van der Waals surface area contributed by atoms with Crippen molar-refractivity contribution in [1.82, 2.24) is 9.78 Å². The van der Waals surface area contributed by atoms with Crippen LogP contribution >= 0.6 is 15.9 Å². The van der Waals surface area contributed by atoms with Crippen molar-refractivity contribution in [2.24, 2.45) is 0 Å². The second kappa shape index (κ2) is 4.84. The van der Waals surface area contributed by atoms with Crippen LogP contribution in [0.5, 0.6) is 0 Å². The smallest absolute Gasteiger partial charge is 0.267 e. The van der Waals surface area contributed by atoms with Crippen LogP contribution < -0.4 is 5.56 Å². The van der Waals surface area contributed by atoms with Gasteiger partial charge in [-0.3, -0.25) is 4.79 Å². The highest BCUT2D eigenvalue weighted by Crippen LogP contribution is 2.26. The summed E-state index contributed by atoms with van der Waals surface area (Å²) in [5.74, 6) is 0. The van der Waals surface area contributed by atoms with Crippen LogP contribution in [0.1, 0.15) is 38.1 Å². The number of halogens is 1. The van der Waals surface area contributed by atoms with Gasteiger partial charge in [-0.2, -0.15) is 5.10 Å². The zero-order valence-electron chi connectivity index (χ0n) is 10.1. The summed E-state index contributed by atoms with van der Waals surface area (Å²) in [6, 6.07) is 6.04. The van der Waals surface area contributed by atoms with Gasteiger partial charge in [-0.25, -0.2) is 4.68 Å². The minimum Gasteiger partial charge on any atom is -0.267 e. The van der Waals surface area contributed by atoms with Crippen molar-refractivity contribution in [3.8, 4) is 0 Å². The van der Waals surface area contributed by atoms with Gasteiger partial charge in [0, 0.05) is 9.86 Å². The van der Waals surface area contributed by atoms with Gasteiger partial charge in [0.25, 0.3) is 5.56 Å². The van der Waals surface area contributed by atoms with Gasteiger partial charge in [-0.1, -0.05) is 41.3 Å². The fourth-order valence-electron chi connectivity index (χ4n) is 2.71. The summed E-state index contributed by atoms with van der Waals surface area (Å²) in [4.78, 5) is 12.5. The van der Waals surface area contributed by atoms with E-state index in [4.69, 9.17) is 0 Å². The van der Waals surface area contributed by atoms with Crippen molar-refractivity contribution in [2.75, 3.05) is 0 Å². The van der Waals surface area contributed by atoms with Crippen LogP contribution in [0.3, 0.4) is 0 Å². The minimum atomic E-state index is 0.0423. The number of nitrogens with zero attached hydrogens (tertiary/aromatic N) is 2. The van der Waals surface area contributed by atoms with Gasteiger partial charge in [0.15, 0.2) is 0 Å². The van der Waals surface area contributed by atoms with Crippen LogP contribution in [0.4, 0.5) is 0 Å². The van der Waals surface area contributed by atoms with E-state index in [9.17, 15) is 4.79 Å². The highest BCUT2D eigenvalue weighted by Gasteiger charge is 2.18. The van der Waals surface area contributed by atoms with Crippen LogP contribution in [0.25, 0.3) is 10.8 Å². The molecule has 0 spiro atoms. The van der Waals surface area contributed by atoms with Gasteiger partial charge in [0.2, 0.25) is 0 Å². The fraction of sp³-hybridized carbons (Fsp3) is 0.429. The van der Waals surface area contributed by atoms with E-state index in [-0.39, 0.29) is 11.6 Å². The molecule has 1 saturated carbocycles. The molecule has 94 valence electrons. The molecule has 0 aliphatic heterocycles. The highest BCUT2D eigenvalue weighted by molar-refractivity contribution is 9.10. The molecule has 1 aromatic heterocycles. The fourth-order valence-corrected chi connectivity index (χ4v) is 3.07. The number of hydrogen-bond acceptors (Lipinski definition) is 2. The molecule has 4 heteroatoms. The Bertz CT molecular complexity index is 629. The average molecular weight is 307 g/mol. The predicted molar refractivity (Wildman–Crippen MR) is 75.8 cm³/mol. The molecule has 0 atom stereocenters. The summed E-state index contributed by atoms with van der Waals surface area (Å²) >= 11 is 3.42. The topological polar surface area (TPSA) is 34.9 Å². The first-order valence-electron chi connectivity index (χ1n) is 6.43. The van der Waals surface area contributed by atoms with E-state index in [1.165, 1.54) is 19.3 Å². The molecule has 1 aromatic carbocycles. The molecule has 0 radical (unpaired) electrons. The van der Waals surface area contributed by atoms with Crippen molar-refractivity contribution >= 4 is 26.7 Å². The zero-order valence-corrected chi connectivity index (χ0v) is 11.7. The molecule has 18 heavy (non-hydrogen) atoms. The molecule has 3 nitrogen and oxygen atoms in total. The number of aromatic nitrogens is 2. The van der Waals surface area contributed by atoms with E-state index < -0.39 is 0 Å². The van der Waals surface area contributed by atoms with E-state index in [0.29, 0.717) is 0 Å². The Balaban J connectivity index is 2.13. The number of fused-ring (bicyclic) bond motifs is 1. The number of rotatable bonds is 1. The van der Waals surface area contributed by atoms with Crippen molar-refractivity contribution in [3.63, 3.8) is 0 Å². The van der Waals surface area contributed by atoms with Crippen molar-refractivity contribution in [3.05, 3.63) is 39.2 Å². The SMILES string of the molecule is O=c1c2cc(Br)ccc2cnn1C1CCCCC1. The number of benzene rings is 1. The van der Waals surface area contributed by atoms with E-state index in [2.05, 4.69) is 21.0 Å². The third-order valence-electron chi connectivity index (χ3n) is 3.70. The molecule has 1 fully saturated rings. The lowest BCUT2D eigenvalue weighted by molar-refractivity contribution is 0.320. The Labute approximate surface area is 114 Å². The molecular weight excluding hydrogens is 292 g/mol. The standard InChI is InChI=1S/C14H15BrN2O/c15-11-7-6-10-9-16-17(14(18)13(10)8-11)12-4-2-1-3-5-12/h6-9,12H,1-5H2. The zero-order chi connectivity index (χ0) is 12.5. The lowest BCUT2D eigenvalue weighted by Gasteiger charge is -2.22. The Morgan fingerprint density at radius 3 is 2.78 bits per heavy atom. The van der Waals surface area contributed by atoms with Gasteiger partial charge in [-0.15, -0.1) is 0 Å². The van der Waals surface area contributed by atoms with E-state index in [0.717, 1.165) is 28.1 Å². The summed E-state index contributed by atoms with van der Waals surface area (Å²) in [7, 11) is 0. The first kappa shape index (κ1) is 11.9. The average Bonchev–Trinajstić information content (AvgIpc) is 2.41. The first-order valence-corrected chi connectivity index (χ1v) is 7.22. The molecule has 0 N–H and O–H groups in total. The predicted octanol–water partition coefficient (Wildman–Crippen LogP) is 3.66. The molecule has 1 aliphatic carbocycles. The molecule has 0 saturated heterocycles. The van der Waals surface area contributed by atoms with Crippen molar-refractivity contribution in [1.29, 1.82) is 0 Å². The minimum absolute atomic E-state index is 0.0423. The maximum Gasteiger partial charge on any atom is 0.274 e. The molecule has 0 unspecified atom stereocenters. The third-order valence-corrected chi connectivity index (χ3v) is 4.19. The monoisotopic (exact) mass is 306 g/mol. The molecule has 1 aliphatic rings. The van der Waals surface area contributed by atoms with Crippen molar-refractivity contribution < 1.29 is 0 Å². The molecule has 0 amide bonds. The van der Waals surface area contributed by atoms with Gasteiger partial charge < -0.3 is 0 Å². The lowest BCUT2D eigenvalue weighted by atomic mass is 9.95. The van der Waals surface area contributed by atoms with E-state index in [1.807, 2.05) is 18.2 Å². The van der Waals surface area contributed by atoms with Crippen molar-refractivity contribution in [2.45, 2.75) is 38.1 Å². The quantitative estimate of drug-likeness (QED) is 0.806. The molecular formula is C14H15BrN2O. The van der Waals surface area contributed by atoms with Crippen LogP contribution in [-0.4, -0.2) is 9.78 Å². The van der Waals surface area contributed by atoms with Crippen LogP contribution in [0.2, 0.25) is 0 Å². The summed E-state index contributed by atoms with van der Waals surface area (Å²) in [5, 5.41) is 6.02. The van der Waals surface area contributed by atoms with Crippen LogP contribution in [-0.2, 0) is 0 Å². The Morgan fingerprint density at radius 1 is 1.22 bits per heavy atom. The van der Waals surface area contributed by atoms with Crippen LogP contribution in [0.15, 0.2) is 33.7 Å². The van der Waals surface area contributed by atoms with Gasteiger partial charge >= 0.3 is 0 Å². The first-order chi connectivity index (χ1) is 8.75. The highest BCUT2D eigenvalue weighted by atomic mass is 79.9. The lowest BCUT2D eigenvalue weighted by Crippen LogP contribution is -2.28. The largest absolute Gasteiger partial charge is 0.274 e. The normalized spacial score (nSPS) is 17.2. The summed E-state index contributed by atoms with van der Waals surface area (Å²) < 4.78 is 2.63. The molecule has 1 heterocycles. The second-order valence-electron chi connectivity index (χ2n) is 4.92. The summed E-state index contributed by atoms with van der Waals surface area (Å²) in [6.45, 7) is 0. The van der Waals surface area contributed by atoms with Gasteiger partial charge in [0.05, 0.1) is 17.6 Å². The Morgan fingerprint density at radius 2 is 2.00 bits per heavy atom. The molecule has 3 rings (SSSR count). The van der Waals surface area contributed by atoms with Crippen LogP contribution in [0, 0.1) is 0 Å². The van der Waals surface area contributed by atoms with Gasteiger partial charge in [-0.05, 0) is 25.0 Å².